The fourth-order valence-corrected chi connectivity index (χ4v) is 2.98. The van der Waals surface area contributed by atoms with Crippen LogP contribution in [0, 0.1) is 17.7 Å². The first-order valence-corrected chi connectivity index (χ1v) is 7.86. The summed E-state index contributed by atoms with van der Waals surface area (Å²) >= 11 is 0. The smallest absolute Gasteiger partial charge is 0.138 e. The second-order valence-corrected chi connectivity index (χ2v) is 5.59. The van der Waals surface area contributed by atoms with Gasteiger partial charge in [0, 0.05) is 19.0 Å². The van der Waals surface area contributed by atoms with E-state index in [0.717, 1.165) is 18.7 Å². The highest BCUT2D eigenvalue weighted by molar-refractivity contribution is 5.38. The lowest BCUT2D eigenvalue weighted by Crippen LogP contribution is -2.32. The second kappa shape index (κ2) is 8.17. The molecule has 2 rings (SSSR count). The summed E-state index contributed by atoms with van der Waals surface area (Å²) in [4.78, 5) is 2.48. The summed E-state index contributed by atoms with van der Waals surface area (Å²) in [7, 11) is 0. The molecule has 0 amide bonds. The second-order valence-electron chi connectivity index (χ2n) is 5.59. The number of aliphatic hydroxyl groups excluding tert-OH is 1. The predicted molar refractivity (Wildman–Crippen MR) is 83.3 cm³/mol. The summed E-state index contributed by atoms with van der Waals surface area (Å²) in [6.07, 6.45) is 5.58. The fraction of sp³-hybridized carbons (Fsp3) is 0.556. The monoisotopic (exact) mass is 289 g/mol. The largest absolute Gasteiger partial charge is 0.395 e. The van der Waals surface area contributed by atoms with Crippen molar-refractivity contribution in [3.63, 3.8) is 0 Å². The number of benzene rings is 1. The van der Waals surface area contributed by atoms with Crippen molar-refractivity contribution < 1.29 is 9.50 Å². The van der Waals surface area contributed by atoms with Crippen molar-refractivity contribution in [2.75, 3.05) is 13.2 Å². The highest BCUT2D eigenvalue weighted by Crippen LogP contribution is 2.25. The van der Waals surface area contributed by atoms with Crippen molar-refractivity contribution in [2.24, 2.45) is 0 Å². The van der Waals surface area contributed by atoms with Gasteiger partial charge in [0.1, 0.15) is 5.82 Å². The molecule has 114 valence electrons. The van der Waals surface area contributed by atoms with Crippen LogP contribution in [0.3, 0.4) is 0 Å². The van der Waals surface area contributed by atoms with Crippen LogP contribution in [0.2, 0.25) is 0 Å². The topological polar surface area (TPSA) is 23.5 Å². The average Bonchev–Trinajstić information content (AvgIpc) is 3.02. The van der Waals surface area contributed by atoms with Gasteiger partial charge in [-0.05, 0) is 37.1 Å². The van der Waals surface area contributed by atoms with Crippen LogP contribution in [0.15, 0.2) is 18.2 Å². The SMILES string of the molecule is CCN(Cc1ccc(F)c(C#CCCO)c1)C1CCCC1. The fourth-order valence-electron chi connectivity index (χ4n) is 2.98. The highest BCUT2D eigenvalue weighted by Gasteiger charge is 2.21. The summed E-state index contributed by atoms with van der Waals surface area (Å²) in [5, 5.41) is 8.74. The van der Waals surface area contributed by atoms with Gasteiger partial charge in [-0.2, -0.15) is 0 Å². The van der Waals surface area contributed by atoms with Gasteiger partial charge in [-0.15, -0.1) is 0 Å². The van der Waals surface area contributed by atoms with Crippen molar-refractivity contribution >= 4 is 0 Å². The number of aliphatic hydroxyl groups is 1. The zero-order chi connectivity index (χ0) is 15.1. The molecule has 0 spiro atoms. The molecule has 1 aliphatic rings. The highest BCUT2D eigenvalue weighted by atomic mass is 19.1. The van der Waals surface area contributed by atoms with Crippen molar-refractivity contribution in [3.05, 3.63) is 35.1 Å². The van der Waals surface area contributed by atoms with E-state index in [1.54, 1.807) is 0 Å². The van der Waals surface area contributed by atoms with Gasteiger partial charge < -0.3 is 5.11 Å². The van der Waals surface area contributed by atoms with E-state index in [9.17, 15) is 4.39 Å². The maximum Gasteiger partial charge on any atom is 0.138 e. The van der Waals surface area contributed by atoms with E-state index in [0.29, 0.717) is 18.0 Å². The third-order valence-corrected chi connectivity index (χ3v) is 4.12. The van der Waals surface area contributed by atoms with E-state index in [2.05, 4.69) is 23.7 Å². The molecule has 3 heteroatoms. The minimum Gasteiger partial charge on any atom is -0.395 e. The van der Waals surface area contributed by atoms with Gasteiger partial charge >= 0.3 is 0 Å². The predicted octanol–water partition coefficient (Wildman–Crippen LogP) is 3.32. The van der Waals surface area contributed by atoms with Gasteiger partial charge in [0.15, 0.2) is 0 Å². The van der Waals surface area contributed by atoms with Gasteiger partial charge in [-0.1, -0.05) is 37.7 Å². The van der Waals surface area contributed by atoms with E-state index >= 15 is 0 Å². The summed E-state index contributed by atoms with van der Waals surface area (Å²) in [6.45, 7) is 4.08. The molecule has 1 aromatic carbocycles. The van der Waals surface area contributed by atoms with Gasteiger partial charge in [-0.25, -0.2) is 4.39 Å². The maximum atomic E-state index is 13.7. The summed E-state index contributed by atoms with van der Waals surface area (Å²) in [6, 6.07) is 5.87. The Labute approximate surface area is 127 Å². The molecule has 21 heavy (non-hydrogen) atoms. The van der Waals surface area contributed by atoms with Crippen LogP contribution in [-0.4, -0.2) is 29.2 Å². The summed E-state index contributed by atoms with van der Waals surface area (Å²) in [5.74, 6) is 5.32. The molecule has 1 fully saturated rings. The van der Waals surface area contributed by atoms with E-state index in [1.807, 2.05) is 12.1 Å². The lowest BCUT2D eigenvalue weighted by molar-refractivity contribution is 0.200. The van der Waals surface area contributed by atoms with Gasteiger partial charge in [0.2, 0.25) is 0 Å². The molecule has 1 aliphatic carbocycles. The van der Waals surface area contributed by atoms with E-state index in [-0.39, 0.29) is 12.4 Å². The Bertz CT molecular complexity index is 512. The van der Waals surface area contributed by atoms with E-state index in [1.165, 1.54) is 31.7 Å². The van der Waals surface area contributed by atoms with Crippen molar-refractivity contribution in [2.45, 2.75) is 51.6 Å². The molecule has 0 unspecified atom stereocenters. The lowest BCUT2D eigenvalue weighted by atomic mass is 10.1. The Hall–Kier alpha value is -1.37. The third kappa shape index (κ3) is 4.56. The number of hydrogen-bond acceptors (Lipinski definition) is 2. The molecule has 0 bridgehead atoms. The minimum absolute atomic E-state index is 0.0135. The number of rotatable bonds is 5. The molecule has 1 N–H and O–H groups in total. The maximum absolute atomic E-state index is 13.7. The van der Waals surface area contributed by atoms with Crippen LogP contribution in [-0.2, 0) is 6.54 Å². The normalized spacial score (nSPS) is 15.2. The van der Waals surface area contributed by atoms with Crippen molar-refractivity contribution in [3.8, 4) is 11.8 Å². The summed E-state index contributed by atoms with van der Waals surface area (Å²) in [5.41, 5.74) is 1.54. The van der Waals surface area contributed by atoms with Crippen LogP contribution >= 0.6 is 0 Å². The number of nitrogens with zero attached hydrogens (tertiary/aromatic N) is 1. The molecule has 0 saturated heterocycles. The van der Waals surface area contributed by atoms with Gasteiger partial charge in [-0.3, -0.25) is 4.90 Å². The molecule has 0 aromatic heterocycles. The zero-order valence-corrected chi connectivity index (χ0v) is 12.7. The summed E-state index contributed by atoms with van der Waals surface area (Å²) < 4.78 is 13.7. The first-order chi connectivity index (χ1) is 10.2. The molecule has 1 aromatic rings. The van der Waals surface area contributed by atoms with Crippen LogP contribution in [0.5, 0.6) is 0 Å². The first kappa shape index (κ1) is 16.0. The number of halogens is 1. The lowest BCUT2D eigenvalue weighted by Gasteiger charge is -2.27. The Morgan fingerprint density at radius 2 is 2.10 bits per heavy atom. The standard InChI is InChI=1S/C18H24FNO/c1-2-20(17-8-3-4-9-17)14-15-10-11-18(19)16(13-15)7-5-6-12-21/h10-11,13,17,21H,2-4,6,8-9,12,14H2,1H3. The van der Waals surface area contributed by atoms with Crippen LogP contribution in [0.4, 0.5) is 4.39 Å². The first-order valence-electron chi connectivity index (χ1n) is 7.86. The Morgan fingerprint density at radius 3 is 2.76 bits per heavy atom. The average molecular weight is 289 g/mol. The zero-order valence-electron chi connectivity index (χ0n) is 12.7. The molecule has 0 atom stereocenters. The van der Waals surface area contributed by atoms with E-state index < -0.39 is 0 Å². The van der Waals surface area contributed by atoms with Crippen LogP contribution < -0.4 is 0 Å². The van der Waals surface area contributed by atoms with Crippen molar-refractivity contribution in [1.29, 1.82) is 0 Å². The minimum atomic E-state index is -0.284. The number of hydrogen-bond donors (Lipinski definition) is 1. The quantitative estimate of drug-likeness (QED) is 0.841. The molecular weight excluding hydrogens is 265 g/mol. The van der Waals surface area contributed by atoms with Crippen molar-refractivity contribution in [1.82, 2.24) is 4.90 Å². The molecular formula is C18H24FNO. The Balaban J connectivity index is 2.09. The van der Waals surface area contributed by atoms with E-state index in [4.69, 9.17) is 5.11 Å². The van der Waals surface area contributed by atoms with Gasteiger partial charge in [0.25, 0.3) is 0 Å². The Morgan fingerprint density at radius 1 is 1.33 bits per heavy atom. The third-order valence-electron chi connectivity index (χ3n) is 4.12. The molecule has 2 nitrogen and oxygen atoms in total. The van der Waals surface area contributed by atoms with Crippen LogP contribution in [0.1, 0.15) is 50.2 Å². The van der Waals surface area contributed by atoms with Crippen LogP contribution in [0.25, 0.3) is 0 Å². The van der Waals surface area contributed by atoms with Gasteiger partial charge in [0.05, 0.1) is 12.2 Å². The molecule has 0 radical (unpaired) electrons. The molecule has 0 aliphatic heterocycles. The molecule has 1 saturated carbocycles. The Kier molecular flexibility index (Phi) is 6.22. The molecule has 0 heterocycles.